The zero-order chi connectivity index (χ0) is 17.9. The minimum absolute atomic E-state index is 0.321. The molecule has 11 heteroatoms. The van der Waals surface area contributed by atoms with E-state index < -0.39 is 19.1 Å². The van der Waals surface area contributed by atoms with E-state index >= 15 is 0 Å². The molecular weight excluding hydrogens is 393 g/mol. The number of aromatic nitrogens is 3. The van der Waals surface area contributed by atoms with Gasteiger partial charge in [0.05, 0.1) is 4.47 Å². The van der Waals surface area contributed by atoms with Crippen LogP contribution in [0.3, 0.4) is 0 Å². The third-order valence-electron chi connectivity index (χ3n) is 2.09. The molecule has 0 atom stereocenters. The van der Waals surface area contributed by atoms with E-state index in [0.29, 0.717) is 4.47 Å². The highest BCUT2D eigenvalue weighted by molar-refractivity contribution is 9.10. The van der Waals surface area contributed by atoms with E-state index in [9.17, 15) is 19.0 Å². The average Bonchev–Trinajstić information content (AvgIpc) is 2.53. The molecule has 0 bridgehead atoms. The Balaban J connectivity index is 0.000000320. The van der Waals surface area contributed by atoms with E-state index in [1.165, 1.54) is 6.20 Å². The van der Waals surface area contributed by atoms with Gasteiger partial charge in [0.2, 0.25) is 0 Å². The van der Waals surface area contributed by atoms with Crippen molar-refractivity contribution in [2.75, 3.05) is 14.2 Å². The molecule has 0 aliphatic rings. The van der Waals surface area contributed by atoms with Crippen LogP contribution in [-0.2, 0) is 20.7 Å². The van der Waals surface area contributed by atoms with Crippen LogP contribution in [0, 0.1) is 0 Å². The van der Waals surface area contributed by atoms with Crippen molar-refractivity contribution in [2.24, 2.45) is 7.05 Å². The topological polar surface area (TPSA) is 128 Å². The molecule has 0 amide bonds. The number of rotatable bonds is 2. The molecule has 0 aliphatic carbocycles. The minimum Gasteiger partial charge on any atom is -0.756 e. The van der Waals surface area contributed by atoms with Crippen LogP contribution < -0.4 is 20.7 Å². The lowest BCUT2D eigenvalue weighted by molar-refractivity contribution is -0.671. The lowest BCUT2D eigenvalue weighted by Gasteiger charge is -2.16. The summed E-state index contributed by atoms with van der Waals surface area (Å²) in [6, 6.07) is 6.00. The summed E-state index contributed by atoms with van der Waals surface area (Å²) >= 11 is 2.92. The monoisotopic (exact) mass is 409 g/mol. The van der Waals surface area contributed by atoms with Gasteiger partial charge >= 0.3 is 5.69 Å². The molecule has 2 heterocycles. The number of hydrogen-bond acceptors (Lipinski definition) is 6. The van der Waals surface area contributed by atoms with Crippen molar-refractivity contribution in [3.63, 3.8) is 0 Å². The van der Waals surface area contributed by atoms with Crippen molar-refractivity contribution in [3.05, 3.63) is 62.1 Å². The maximum absolute atomic E-state index is 10.5. The normalized spacial score (nSPS) is 9.96. The molecule has 2 aromatic rings. The van der Waals surface area contributed by atoms with Crippen LogP contribution in [0.1, 0.15) is 0 Å². The first-order valence-corrected chi connectivity index (χ1v) is 8.27. The van der Waals surface area contributed by atoms with Crippen LogP contribution in [0.15, 0.2) is 50.9 Å². The van der Waals surface area contributed by atoms with Crippen LogP contribution in [0.2, 0.25) is 0 Å². The number of phosphoric acid groups is 1. The lowest BCUT2D eigenvalue weighted by Crippen LogP contribution is -2.25. The molecule has 0 aliphatic heterocycles. The van der Waals surface area contributed by atoms with Crippen molar-refractivity contribution in [2.45, 2.75) is 0 Å². The van der Waals surface area contributed by atoms with Gasteiger partial charge in [-0.3, -0.25) is 14.3 Å². The second-order valence-corrected chi connectivity index (χ2v) is 6.25. The zero-order valence-corrected chi connectivity index (χ0v) is 15.2. The van der Waals surface area contributed by atoms with E-state index in [4.69, 9.17) is 0 Å². The number of phosphoric ester groups is 1. The van der Waals surface area contributed by atoms with E-state index in [-0.39, 0.29) is 0 Å². The van der Waals surface area contributed by atoms with Gasteiger partial charge in [-0.15, -0.1) is 0 Å². The molecule has 0 fully saturated rings. The predicted molar refractivity (Wildman–Crippen MR) is 84.6 cm³/mol. The summed E-state index contributed by atoms with van der Waals surface area (Å²) in [5.41, 5.74) is -0.915. The Bertz CT molecular complexity index is 725. The van der Waals surface area contributed by atoms with Crippen molar-refractivity contribution < 1.29 is 23.1 Å². The number of aryl methyl sites for hydroxylation is 1. The summed E-state index contributed by atoms with van der Waals surface area (Å²) in [5, 5.41) is 0. The molecule has 2 aromatic heterocycles. The number of pyridine rings is 1. The van der Waals surface area contributed by atoms with Crippen molar-refractivity contribution in [1.82, 2.24) is 9.97 Å². The van der Waals surface area contributed by atoms with Gasteiger partial charge in [0.1, 0.15) is 7.05 Å². The van der Waals surface area contributed by atoms with E-state index in [2.05, 4.69) is 30.0 Å². The summed E-state index contributed by atoms with van der Waals surface area (Å²) in [6.07, 6.45) is 5.29. The number of H-pyrrole nitrogens is 2. The number of nitrogens with one attached hydrogen (secondary N) is 2. The molecule has 0 radical (unpaired) electrons. The van der Waals surface area contributed by atoms with Gasteiger partial charge in [0.15, 0.2) is 12.4 Å². The first kappa shape index (κ1) is 21.4. The number of nitrogens with zero attached hydrogens (tertiary/aromatic N) is 1. The Morgan fingerprint density at radius 2 is 1.70 bits per heavy atom. The van der Waals surface area contributed by atoms with Crippen LogP contribution in [0.4, 0.5) is 0 Å². The maximum atomic E-state index is 10.5. The minimum atomic E-state index is -3.90. The number of halogens is 1. The Kier molecular flexibility index (Phi) is 10.3. The van der Waals surface area contributed by atoms with Gasteiger partial charge < -0.3 is 18.9 Å². The first-order valence-electron chi connectivity index (χ1n) is 6.02. The number of hydrogen-bond donors (Lipinski definition) is 2. The molecule has 0 spiro atoms. The highest BCUT2D eigenvalue weighted by Gasteiger charge is 1.98. The first-order chi connectivity index (χ1) is 10.7. The summed E-state index contributed by atoms with van der Waals surface area (Å²) in [4.78, 5) is 35.1. The molecule has 0 unspecified atom stereocenters. The summed E-state index contributed by atoms with van der Waals surface area (Å²) in [7, 11) is 0.174. The predicted octanol–water partition coefficient (Wildman–Crippen LogP) is 0.0844. The molecule has 0 aromatic carbocycles. The molecule has 2 rings (SSSR count). The SMILES string of the molecule is COP(=O)([O-])OC.C[n+]1ccccc1.O=c1[nH]cc(Br)c(=O)[nH]1. The molecule has 23 heavy (non-hydrogen) atoms. The molecular formula is C12H17BrN3O6P. The van der Waals surface area contributed by atoms with Gasteiger partial charge in [-0.2, -0.15) is 0 Å². The largest absolute Gasteiger partial charge is 0.756 e. The van der Waals surface area contributed by atoms with Crippen molar-refractivity contribution in [1.29, 1.82) is 0 Å². The van der Waals surface area contributed by atoms with Gasteiger partial charge in [-0.25, -0.2) is 9.36 Å². The molecule has 128 valence electrons. The molecule has 2 N–H and O–H groups in total. The Hall–Kier alpha value is -1.58. The van der Waals surface area contributed by atoms with Crippen LogP contribution >= 0.6 is 23.8 Å². The fourth-order valence-corrected chi connectivity index (χ4v) is 1.32. The van der Waals surface area contributed by atoms with Gasteiger partial charge in [-0.1, -0.05) is 6.07 Å². The van der Waals surface area contributed by atoms with Crippen molar-refractivity contribution in [3.8, 4) is 0 Å². The lowest BCUT2D eigenvalue weighted by atomic mass is 10.5. The van der Waals surface area contributed by atoms with Crippen LogP contribution in [0.25, 0.3) is 0 Å². The third kappa shape index (κ3) is 10.7. The quantitative estimate of drug-likeness (QED) is 0.533. The van der Waals surface area contributed by atoms with Gasteiger partial charge in [-0.05, 0) is 15.9 Å². The summed E-state index contributed by atoms with van der Waals surface area (Å²) < 4.78 is 20.0. The fourth-order valence-electron chi connectivity index (χ4n) is 0.953. The molecule has 9 nitrogen and oxygen atoms in total. The zero-order valence-electron chi connectivity index (χ0n) is 12.7. The van der Waals surface area contributed by atoms with Crippen molar-refractivity contribution >= 4 is 23.8 Å². The van der Waals surface area contributed by atoms with E-state index in [0.717, 1.165) is 14.2 Å². The standard InChI is InChI=1S/C6H8N.C4H3BrN2O2.C2H7O4P/c1-7-5-3-2-4-6-7;5-2-1-6-4(9)7-3(2)8;1-5-7(3,4)6-2/h2-6H,1H3;1H,(H2,6,7,8,9);1-2H3,(H,3,4)/q+1;;/p-1. The second-order valence-electron chi connectivity index (χ2n) is 3.77. The van der Waals surface area contributed by atoms with E-state index in [1.54, 1.807) is 0 Å². The summed E-state index contributed by atoms with van der Waals surface area (Å²) in [5.74, 6) is 0. The van der Waals surface area contributed by atoms with Gasteiger partial charge in [0.25, 0.3) is 13.4 Å². The molecule has 0 saturated carbocycles. The fraction of sp³-hybridized carbons (Fsp3) is 0.250. The highest BCUT2D eigenvalue weighted by Crippen LogP contribution is 2.34. The Labute approximate surface area is 140 Å². The second kappa shape index (κ2) is 11.0. The number of aromatic amines is 2. The van der Waals surface area contributed by atoms with Crippen LogP contribution in [0.5, 0.6) is 0 Å². The third-order valence-corrected chi connectivity index (χ3v) is 3.57. The smallest absolute Gasteiger partial charge is 0.325 e. The highest BCUT2D eigenvalue weighted by atomic mass is 79.9. The Morgan fingerprint density at radius 3 is 1.96 bits per heavy atom. The summed E-state index contributed by atoms with van der Waals surface area (Å²) in [6.45, 7) is 0. The maximum Gasteiger partial charge on any atom is 0.325 e. The molecule has 0 saturated heterocycles. The van der Waals surface area contributed by atoms with E-state index in [1.807, 2.05) is 47.2 Å². The van der Waals surface area contributed by atoms with Crippen LogP contribution in [-0.4, -0.2) is 24.2 Å². The average molecular weight is 410 g/mol. The Morgan fingerprint density at radius 1 is 1.17 bits per heavy atom. The van der Waals surface area contributed by atoms with Gasteiger partial charge in [0, 0.05) is 32.5 Å².